The fourth-order valence-electron chi connectivity index (χ4n) is 3.15. The van der Waals surface area contributed by atoms with E-state index in [1.165, 1.54) is 32.1 Å². The molecule has 0 saturated carbocycles. The number of thioether (sulfide) groups is 1. The van der Waals surface area contributed by atoms with Crippen molar-refractivity contribution in [3.63, 3.8) is 0 Å². The van der Waals surface area contributed by atoms with Crippen molar-refractivity contribution in [3.05, 3.63) is 0 Å². The lowest BCUT2D eigenvalue weighted by Crippen LogP contribution is -2.45. The maximum absolute atomic E-state index is 12.6. The lowest BCUT2D eigenvalue weighted by molar-refractivity contribution is -0.164. The molecule has 0 spiro atoms. The van der Waals surface area contributed by atoms with Crippen LogP contribution in [-0.4, -0.2) is 69.6 Å². The molecule has 0 aliphatic carbocycles. The topological polar surface area (TPSA) is 199 Å². The van der Waals surface area contributed by atoms with Gasteiger partial charge in [0.1, 0.15) is 12.1 Å². The number of hydrogen-bond acceptors (Lipinski definition) is 8. The van der Waals surface area contributed by atoms with Gasteiger partial charge in [-0.1, -0.05) is 58.3 Å². The van der Waals surface area contributed by atoms with Gasteiger partial charge in [-0.3, -0.25) is 14.4 Å². The maximum atomic E-state index is 12.6. The first-order chi connectivity index (χ1) is 16.6. The van der Waals surface area contributed by atoms with Crippen molar-refractivity contribution in [2.75, 3.05) is 11.5 Å². The van der Waals surface area contributed by atoms with Crippen molar-refractivity contribution in [1.29, 1.82) is 0 Å². The van der Waals surface area contributed by atoms with Gasteiger partial charge in [-0.05, 0) is 12.8 Å². The Morgan fingerprint density at radius 2 is 1.43 bits per heavy atom. The van der Waals surface area contributed by atoms with E-state index in [9.17, 15) is 29.1 Å². The lowest BCUT2D eigenvalue weighted by atomic mass is 10.1. The van der Waals surface area contributed by atoms with Gasteiger partial charge in [0.15, 0.2) is 0 Å². The molecule has 0 heterocycles. The van der Waals surface area contributed by atoms with Crippen molar-refractivity contribution >= 4 is 41.5 Å². The number of amides is 2. The normalized spacial score (nSPS) is 13.4. The van der Waals surface area contributed by atoms with Gasteiger partial charge >= 0.3 is 17.9 Å². The molecule has 0 bridgehead atoms. The number of esters is 1. The molecule has 0 aliphatic rings. The molecule has 2 amide bonds. The number of carbonyl (C=O) groups excluding carboxylic acids is 3. The van der Waals surface area contributed by atoms with Crippen molar-refractivity contribution in [1.82, 2.24) is 5.32 Å². The van der Waals surface area contributed by atoms with E-state index in [2.05, 4.69) is 12.2 Å². The average Bonchev–Trinajstić information content (AvgIpc) is 2.79. The van der Waals surface area contributed by atoms with Gasteiger partial charge in [0.05, 0.1) is 0 Å². The second-order valence-electron chi connectivity index (χ2n) is 8.45. The van der Waals surface area contributed by atoms with Gasteiger partial charge in [-0.25, -0.2) is 9.59 Å². The van der Waals surface area contributed by atoms with Gasteiger partial charge in [0, 0.05) is 24.3 Å². The molecule has 0 aromatic carbocycles. The largest absolute Gasteiger partial charge is 0.480 e. The smallest absolute Gasteiger partial charge is 0.345 e. The van der Waals surface area contributed by atoms with Crippen LogP contribution in [0.3, 0.4) is 0 Å². The van der Waals surface area contributed by atoms with Gasteiger partial charge in [-0.2, -0.15) is 11.8 Å². The minimum Gasteiger partial charge on any atom is -0.480 e. The molecule has 0 fully saturated rings. The molecule has 0 aliphatic heterocycles. The summed E-state index contributed by atoms with van der Waals surface area (Å²) in [6.07, 6.45) is 8.09. The zero-order chi connectivity index (χ0) is 26.6. The van der Waals surface area contributed by atoms with Gasteiger partial charge in [0.25, 0.3) is 0 Å². The number of carboxylic acids is 2. The van der Waals surface area contributed by atoms with Gasteiger partial charge < -0.3 is 31.7 Å². The Kier molecular flexibility index (Phi) is 18.6. The monoisotopic (exact) mass is 519 g/mol. The van der Waals surface area contributed by atoms with Crippen LogP contribution in [0.4, 0.5) is 0 Å². The Morgan fingerprint density at radius 3 is 1.94 bits per heavy atom. The molecule has 0 aromatic heterocycles. The van der Waals surface area contributed by atoms with E-state index in [0.29, 0.717) is 6.42 Å². The molecule has 0 aromatic rings. The number of hydrogen-bond donors (Lipinski definition) is 5. The van der Waals surface area contributed by atoms with Crippen LogP contribution in [0.1, 0.15) is 84.0 Å². The number of primary amides is 1. The fraction of sp³-hybridized carbons (Fsp3) is 0.783. The first-order valence-corrected chi connectivity index (χ1v) is 13.3. The van der Waals surface area contributed by atoms with Crippen molar-refractivity contribution in [2.45, 2.75) is 102 Å². The van der Waals surface area contributed by atoms with Crippen LogP contribution in [-0.2, 0) is 28.7 Å². The number of ether oxygens (including phenoxy) is 1. The lowest BCUT2D eigenvalue weighted by Gasteiger charge is -2.20. The average molecular weight is 520 g/mol. The van der Waals surface area contributed by atoms with E-state index in [1.807, 2.05) is 0 Å². The SMILES string of the molecule is CCCCCCCCCCCC(=O)N[C@H](CCC(N)=O)C(=O)O[C@H](CSC[C@H](N)C(=O)O)C(=O)O. The number of aliphatic carboxylic acids is 2. The third-order valence-electron chi connectivity index (χ3n) is 5.22. The molecule has 12 heteroatoms. The standard InChI is InChI=1S/C23H41N3O8S/c1-2-3-4-5-6-7-8-9-10-11-20(28)26-17(12-13-19(25)27)23(33)34-18(22(31)32)15-35-14-16(24)21(29)30/h16-18H,2-15,24H2,1H3,(H2,25,27)(H,26,28)(H,29,30)(H,31,32)/t16-,17+,18+/m0/s1. The highest BCUT2D eigenvalue weighted by atomic mass is 32.2. The van der Waals surface area contributed by atoms with E-state index < -0.39 is 47.9 Å². The van der Waals surface area contributed by atoms with Gasteiger partial charge in [-0.15, -0.1) is 0 Å². The summed E-state index contributed by atoms with van der Waals surface area (Å²) in [7, 11) is 0. The summed E-state index contributed by atoms with van der Waals surface area (Å²) >= 11 is 0.909. The Balaban J connectivity index is 4.62. The predicted molar refractivity (Wildman–Crippen MR) is 133 cm³/mol. The number of unbranched alkanes of at least 4 members (excludes halogenated alkanes) is 8. The summed E-state index contributed by atoms with van der Waals surface area (Å²) in [5.74, 6) is -5.03. The van der Waals surface area contributed by atoms with Crippen LogP contribution in [0.15, 0.2) is 0 Å². The first-order valence-electron chi connectivity index (χ1n) is 12.2. The maximum Gasteiger partial charge on any atom is 0.345 e. The Bertz CT molecular complexity index is 677. The third kappa shape index (κ3) is 17.7. The predicted octanol–water partition coefficient (Wildman–Crippen LogP) is 1.80. The van der Waals surface area contributed by atoms with E-state index in [-0.39, 0.29) is 30.8 Å². The first kappa shape index (κ1) is 32.7. The molecular weight excluding hydrogens is 478 g/mol. The van der Waals surface area contributed by atoms with Crippen LogP contribution in [0.2, 0.25) is 0 Å². The van der Waals surface area contributed by atoms with E-state index >= 15 is 0 Å². The van der Waals surface area contributed by atoms with Crippen LogP contribution in [0.25, 0.3) is 0 Å². The molecule has 11 nitrogen and oxygen atoms in total. The minimum atomic E-state index is -1.57. The zero-order valence-corrected chi connectivity index (χ0v) is 21.4. The second-order valence-corrected chi connectivity index (χ2v) is 9.52. The van der Waals surface area contributed by atoms with Crippen LogP contribution in [0, 0.1) is 0 Å². The van der Waals surface area contributed by atoms with Crippen molar-refractivity contribution in [2.24, 2.45) is 11.5 Å². The second kappa shape index (κ2) is 19.9. The number of rotatable bonds is 22. The minimum absolute atomic E-state index is 0.0722. The number of carboxylic acid groups (broad SMARTS) is 2. The Hall–Kier alpha value is -2.34. The molecular formula is C23H41N3O8S. The molecule has 202 valence electrons. The molecule has 0 rings (SSSR count). The number of nitrogens with two attached hydrogens (primary N) is 2. The van der Waals surface area contributed by atoms with Crippen molar-refractivity contribution < 1.29 is 38.9 Å². The van der Waals surface area contributed by atoms with Gasteiger partial charge in [0.2, 0.25) is 17.9 Å². The van der Waals surface area contributed by atoms with Crippen LogP contribution in [0.5, 0.6) is 0 Å². The molecule has 3 atom stereocenters. The molecule has 0 radical (unpaired) electrons. The third-order valence-corrected chi connectivity index (χ3v) is 6.36. The number of carbonyl (C=O) groups is 5. The summed E-state index contributed by atoms with van der Waals surface area (Å²) in [5.41, 5.74) is 10.5. The van der Waals surface area contributed by atoms with E-state index in [1.54, 1.807) is 0 Å². The quantitative estimate of drug-likeness (QED) is 0.104. The molecule has 0 unspecified atom stereocenters. The molecule has 35 heavy (non-hydrogen) atoms. The number of nitrogens with one attached hydrogen (secondary N) is 1. The highest BCUT2D eigenvalue weighted by Gasteiger charge is 2.29. The highest BCUT2D eigenvalue weighted by molar-refractivity contribution is 7.99. The highest BCUT2D eigenvalue weighted by Crippen LogP contribution is 2.12. The summed E-state index contributed by atoms with van der Waals surface area (Å²) in [6, 6.07) is -2.41. The summed E-state index contributed by atoms with van der Waals surface area (Å²) in [5, 5.41) is 20.6. The fourth-order valence-corrected chi connectivity index (χ4v) is 4.11. The van der Waals surface area contributed by atoms with Crippen LogP contribution >= 0.6 is 11.8 Å². The summed E-state index contributed by atoms with van der Waals surface area (Å²) < 4.78 is 5.03. The van der Waals surface area contributed by atoms with E-state index in [0.717, 1.165) is 31.0 Å². The summed E-state index contributed by atoms with van der Waals surface area (Å²) in [6.45, 7) is 2.17. The van der Waals surface area contributed by atoms with Crippen molar-refractivity contribution in [3.8, 4) is 0 Å². The van der Waals surface area contributed by atoms with E-state index in [4.69, 9.17) is 21.3 Å². The summed E-state index contributed by atoms with van der Waals surface area (Å²) in [4.78, 5) is 58.2. The molecule has 0 saturated heterocycles. The molecule has 7 N–H and O–H groups in total. The Labute approximate surface area is 211 Å². The Morgan fingerprint density at radius 1 is 0.857 bits per heavy atom. The zero-order valence-electron chi connectivity index (χ0n) is 20.5. The van der Waals surface area contributed by atoms with Crippen LogP contribution < -0.4 is 16.8 Å².